The van der Waals surface area contributed by atoms with Crippen LogP contribution in [-0.4, -0.2) is 22.0 Å². The van der Waals surface area contributed by atoms with Crippen molar-refractivity contribution in [1.29, 1.82) is 0 Å². The van der Waals surface area contributed by atoms with Crippen LogP contribution in [0.4, 0.5) is 5.13 Å². The summed E-state index contributed by atoms with van der Waals surface area (Å²) < 4.78 is 0. The molecule has 0 aliphatic carbocycles. The van der Waals surface area contributed by atoms with Crippen LogP contribution in [0.3, 0.4) is 0 Å². The first kappa shape index (κ1) is 15.7. The molecule has 2 rings (SSSR count). The van der Waals surface area contributed by atoms with Gasteiger partial charge in [0.05, 0.1) is 5.69 Å². The highest BCUT2D eigenvalue weighted by atomic mass is 32.1. The Hall–Kier alpha value is -2.73. The Morgan fingerprint density at radius 3 is 2.36 bits per heavy atom. The first-order valence-electron chi connectivity index (χ1n) is 6.45. The van der Waals surface area contributed by atoms with Gasteiger partial charge in [0.1, 0.15) is 0 Å². The van der Waals surface area contributed by atoms with Gasteiger partial charge in [-0.1, -0.05) is 30.3 Å². The molecule has 0 aliphatic heterocycles. The number of hydrogen-bond acceptors (Lipinski definition) is 4. The number of benzene rings is 1. The molecule has 0 saturated heterocycles. The Morgan fingerprint density at radius 2 is 1.77 bits per heavy atom. The summed E-state index contributed by atoms with van der Waals surface area (Å²) in [6.45, 7) is 1.44. The molecule has 2 N–H and O–H groups in total. The van der Waals surface area contributed by atoms with Crippen LogP contribution in [0.1, 0.15) is 23.7 Å². The molecule has 0 unspecified atom stereocenters. The van der Waals surface area contributed by atoms with E-state index < -0.39 is 5.97 Å². The number of hydrogen-bond donors (Lipinski definition) is 2. The first-order chi connectivity index (χ1) is 10.5. The average Bonchev–Trinajstić information content (AvgIpc) is 2.90. The zero-order valence-corrected chi connectivity index (χ0v) is 12.6. The van der Waals surface area contributed by atoms with E-state index in [4.69, 9.17) is 5.11 Å². The van der Waals surface area contributed by atoms with Gasteiger partial charge in [0.15, 0.2) is 5.13 Å². The molecule has 1 aromatic heterocycles. The molecular formula is C16H14N2O3S. The maximum Gasteiger partial charge on any atom is 0.328 e. The molecule has 0 aliphatic rings. The Bertz CT molecular complexity index is 730. The average molecular weight is 314 g/mol. The number of amides is 1. The van der Waals surface area contributed by atoms with Crippen LogP contribution in [0.5, 0.6) is 0 Å². The number of carboxylic acids is 1. The topological polar surface area (TPSA) is 79.3 Å². The molecule has 2 aromatic rings. The highest BCUT2D eigenvalue weighted by Crippen LogP contribution is 2.17. The van der Waals surface area contributed by atoms with Gasteiger partial charge >= 0.3 is 5.97 Å². The van der Waals surface area contributed by atoms with E-state index in [1.54, 1.807) is 0 Å². The third-order valence-corrected chi connectivity index (χ3v) is 3.38. The molecule has 1 heterocycles. The summed E-state index contributed by atoms with van der Waals surface area (Å²) in [4.78, 5) is 25.6. The predicted octanol–water partition coefficient (Wildman–Crippen LogP) is 3.37. The maximum absolute atomic E-state index is 10.9. The van der Waals surface area contributed by atoms with Gasteiger partial charge in [0, 0.05) is 18.4 Å². The maximum atomic E-state index is 10.9. The lowest BCUT2D eigenvalue weighted by Crippen LogP contribution is -2.04. The van der Waals surface area contributed by atoms with E-state index in [2.05, 4.69) is 10.3 Å². The minimum Gasteiger partial charge on any atom is -0.478 e. The van der Waals surface area contributed by atoms with Gasteiger partial charge in [-0.2, -0.15) is 0 Å². The summed E-state index contributed by atoms with van der Waals surface area (Å²) in [7, 11) is 0. The van der Waals surface area contributed by atoms with Crippen LogP contribution >= 0.6 is 11.3 Å². The molecular weight excluding hydrogens is 300 g/mol. The Balaban J connectivity index is 2.02. The Kier molecular flexibility index (Phi) is 5.21. The van der Waals surface area contributed by atoms with E-state index >= 15 is 0 Å². The third-order valence-electron chi connectivity index (χ3n) is 2.61. The van der Waals surface area contributed by atoms with E-state index in [0.29, 0.717) is 5.13 Å². The number of nitrogens with zero attached hydrogens (tertiary/aromatic N) is 1. The van der Waals surface area contributed by atoms with Crippen molar-refractivity contribution in [1.82, 2.24) is 4.98 Å². The van der Waals surface area contributed by atoms with Crippen molar-refractivity contribution >= 4 is 46.6 Å². The largest absolute Gasteiger partial charge is 0.478 e. The zero-order valence-electron chi connectivity index (χ0n) is 11.8. The third kappa shape index (κ3) is 4.99. The minimum atomic E-state index is -0.970. The highest BCUT2D eigenvalue weighted by Gasteiger charge is 2.00. The number of anilines is 1. The fourth-order valence-corrected chi connectivity index (χ4v) is 2.36. The molecule has 0 fully saturated rings. The Morgan fingerprint density at radius 1 is 1.14 bits per heavy atom. The first-order valence-corrected chi connectivity index (χ1v) is 7.33. The van der Waals surface area contributed by atoms with Crippen LogP contribution in [0, 0.1) is 0 Å². The van der Waals surface area contributed by atoms with Gasteiger partial charge in [-0.15, -0.1) is 11.3 Å². The molecule has 0 spiro atoms. The lowest BCUT2D eigenvalue weighted by molar-refractivity contribution is -0.131. The lowest BCUT2D eigenvalue weighted by Gasteiger charge is -1.95. The summed E-state index contributed by atoms with van der Waals surface area (Å²) >= 11 is 1.37. The van der Waals surface area contributed by atoms with Crippen LogP contribution < -0.4 is 5.32 Å². The SMILES string of the molecule is CC(=O)Nc1nc(/C=C/c2ccc(/C=C/C(=O)O)cc2)cs1. The number of rotatable bonds is 5. The second-order valence-electron chi connectivity index (χ2n) is 4.43. The number of thiazole rings is 1. The van der Waals surface area contributed by atoms with Crippen molar-refractivity contribution in [2.45, 2.75) is 6.92 Å². The molecule has 6 heteroatoms. The van der Waals surface area contributed by atoms with Crippen molar-refractivity contribution < 1.29 is 14.7 Å². The summed E-state index contributed by atoms with van der Waals surface area (Å²) in [5.74, 6) is -1.11. The number of aromatic nitrogens is 1. The standard InChI is InChI=1S/C16H14N2O3S/c1-11(19)17-16-18-14(10-22-16)8-6-12-2-4-13(5-3-12)7-9-15(20)21/h2-10H,1H3,(H,20,21)(H,17,18,19)/b8-6+,9-7+. The minimum absolute atomic E-state index is 0.144. The predicted molar refractivity (Wildman–Crippen MR) is 88.5 cm³/mol. The van der Waals surface area contributed by atoms with E-state index in [9.17, 15) is 9.59 Å². The number of carbonyl (C=O) groups excluding carboxylic acids is 1. The molecule has 112 valence electrons. The van der Waals surface area contributed by atoms with Crippen LogP contribution in [0.15, 0.2) is 35.7 Å². The second-order valence-corrected chi connectivity index (χ2v) is 5.29. The van der Waals surface area contributed by atoms with Gasteiger partial charge in [-0.25, -0.2) is 9.78 Å². The molecule has 1 amide bonds. The van der Waals surface area contributed by atoms with Gasteiger partial charge < -0.3 is 10.4 Å². The van der Waals surface area contributed by atoms with E-state index in [1.807, 2.05) is 41.8 Å². The second kappa shape index (κ2) is 7.33. The monoisotopic (exact) mass is 314 g/mol. The summed E-state index contributed by atoms with van der Waals surface area (Å²) in [5, 5.41) is 13.6. The number of carbonyl (C=O) groups is 2. The number of aliphatic carboxylic acids is 1. The molecule has 1 aromatic carbocycles. The van der Waals surface area contributed by atoms with Gasteiger partial charge in [-0.05, 0) is 23.3 Å². The fourth-order valence-electron chi connectivity index (χ4n) is 1.64. The van der Waals surface area contributed by atoms with Crippen molar-refractivity contribution in [2.24, 2.45) is 0 Å². The van der Waals surface area contributed by atoms with E-state index in [0.717, 1.165) is 22.9 Å². The van der Waals surface area contributed by atoms with Crippen LogP contribution in [0.2, 0.25) is 0 Å². The van der Waals surface area contributed by atoms with Crippen LogP contribution in [-0.2, 0) is 9.59 Å². The normalized spacial score (nSPS) is 11.1. The van der Waals surface area contributed by atoms with Crippen molar-refractivity contribution in [3.8, 4) is 0 Å². The molecule has 5 nitrogen and oxygen atoms in total. The Labute approximate surface area is 131 Å². The molecule has 0 bridgehead atoms. The van der Waals surface area contributed by atoms with E-state index in [-0.39, 0.29) is 5.91 Å². The van der Waals surface area contributed by atoms with Gasteiger partial charge in [-0.3, -0.25) is 4.79 Å². The van der Waals surface area contributed by atoms with E-state index in [1.165, 1.54) is 24.3 Å². The summed E-state index contributed by atoms with van der Waals surface area (Å²) in [6.07, 6.45) is 6.39. The summed E-state index contributed by atoms with van der Waals surface area (Å²) in [5.41, 5.74) is 2.56. The number of nitrogens with one attached hydrogen (secondary N) is 1. The molecule has 0 saturated carbocycles. The van der Waals surface area contributed by atoms with Crippen LogP contribution in [0.25, 0.3) is 18.2 Å². The van der Waals surface area contributed by atoms with Crippen molar-refractivity contribution in [3.05, 3.63) is 52.5 Å². The summed E-state index contributed by atoms with van der Waals surface area (Å²) in [6, 6.07) is 7.45. The van der Waals surface area contributed by atoms with Crippen molar-refractivity contribution in [3.63, 3.8) is 0 Å². The quantitative estimate of drug-likeness (QED) is 0.829. The number of carboxylic acid groups (broad SMARTS) is 1. The van der Waals surface area contributed by atoms with Gasteiger partial charge in [0.25, 0.3) is 0 Å². The molecule has 0 radical (unpaired) electrons. The highest BCUT2D eigenvalue weighted by molar-refractivity contribution is 7.14. The smallest absolute Gasteiger partial charge is 0.328 e. The van der Waals surface area contributed by atoms with Gasteiger partial charge in [0.2, 0.25) is 5.91 Å². The fraction of sp³-hybridized carbons (Fsp3) is 0.0625. The van der Waals surface area contributed by atoms with Crippen molar-refractivity contribution in [2.75, 3.05) is 5.32 Å². The lowest BCUT2D eigenvalue weighted by atomic mass is 10.1. The molecule has 22 heavy (non-hydrogen) atoms. The zero-order chi connectivity index (χ0) is 15.9. The molecule has 0 atom stereocenters.